The quantitative estimate of drug-likeness (QED) is 0.928. The molecule has 0 aromatic carbocycles. The molecule has 1 fully saturated rings. The van der Waals surface area contributed by atoms with Crippen molar-refractivity contribution >= 4 is 15.9 Å². The van der Waals surface area contributed by atoms with E-state index in [0.717, 1.165) is 23.2 Å². The minimum atomic E-state index is 0.179. The summed E-state index contributed by atoms with van der Waals surface area (Å²) in [5, 5.41) is 3.49. The molecular weight excluding hydrogens is 280 g/mol. The first-order valence-electron chi connectivity index (χ1n) is 6.04. The molecule has 0 saturated heterocycles. The molecule has 1 heterocycles. The number of halogens is 1. The number of hydrogen-bond acceptors (Lipinski definition) is 3. The highest BCUT2D eigenvalue weighted by atomic mass is 79.9. The Morgan fingerprint density at radius 3 is 2.88 bits per heavy atom. The first-order valence-corrected chi connectivity index (χ1v) is 6.84. The fourth-order valence-electron chi connectivity index (χ4n) is 2.30. The standard InChI is InChI=1S/C13H19BrN2O/c1-4-16-11-6-12(13(11,2)3)17-10-5-9(14)7-15-8-10/h5,7-8,11-12,16H,4,6H2,1-3H3. The zero-order valence-electron chi connectivity index (χ0n) is 10.5. The van der Waals surface area contributed by atoms with Crippen LogP contribution in [0.15, 0.2) is 22.9 Å². The van der Waals surface area contributed by atoms with Crippen molar-refractivity contribution in [2.24, 2.45) is 5.41 Å². The highest BCUT2D eigenvalue weighted by molar-refractivity contribution is 9.10. The number of aromatic nitrogens is 1. The van der Waals surface area contributed by atoms with Crippen molar-refractivity contribution in [1.82, 2.24) is 10.3 Å². The van der Waals surface area contributed by atoms with Crippen molar-refractivity contribution in [3.63, 3.8) is 0 Å². The van der Waals surface area contributed by atoms with Crippen LogP contribution >= 0.6 is 15.9 Å². The average molecular weight is 299 g/mol. The van der Waals surface area contributed by atoms with Crippen molar-refractivity contribution in [3.05, 3.63) is 22.9 Å². The maximum atomic E-state index is 5.99. The van der Waals surface area contributed by atoms with Crippen LogP contribution in [-0.2, 0) is 0 Å². The zero-order chi connectivity index (χ0) is 12.5. The van der Waals surface area contributed by atoms with Crippen LogP contribution < -0.4 is 10.1 Å². The third-order valence-corrected chi connectivity index (χ3v) is 4.02. The predicted molar refractivity (Wildman–Crippen MR) is 72.2 cm³/mol. The number of rotatable bonds is 4. The van der Waals surface area contributed by atoms with E-state index in [4.69, 9.17) is 4.74 Å². The Balaban J connectivity index is 1.98. The Kier molecular flexibility index (Phi) is 3.73. The van der Waals surface area contributed by atoms with Gasteiger partial charge >= 0.3 is 0 Å². The summed E-state index contributed by atoms with van der Waals surface area (Å²) >= 11 is 3.40. The third-order valence-electron chi connectivity index (χ3n) is 3.59. The summed E-state index contributed by atoms with van der Waals surface area (Å²) in [7, 11) is 0. The summed E-state index contributed by atoms with van der Waals surface area (Å²) in [6.07, 6.45) is 4.86. The van der Waals surface area contributed by atoms with E-state index >= 15 is 0 Å². The summed E-state index contributed by atoms with van der Waals surface area (Å²) in [4.78, 5) is 4.11. The molecule has 3 nitrogen and oxygen atoms in total. The summed E-state index contributed by atoms with van der Waals surface area (Å²) in [5.41, 5.74) is 0.179. The summed E-state index contributed by atoms with van der Waals surface area (Å²) in [6, 6.07) is 2.52. The molecule has 2 atom stereocenters. The normalized spacial score (nSPS) is 26.4. The van der Waals surface area contributed by atoms with Gasteiger partial charge < -0.3 is 10.1 Å². The molecule has 17 heavy (non-hydrogen) atoms. The van der Waals surface area contributed by atoms with Crippen LogP contribution in [0.4, 0.5) is 0 Å². The van der Waals surface area contributed by atoms with Gasteiger partial charge in [-0.15, -0.1) is 0 Å². The van der Waals surface area contributed by atoms with Crippen LogP contribution in [0.3, 0.4) is 0 Å². The van der Waals surface area contributed by atoms with Gasteiger partial charge in [-0.25, -0.2) is 0 Å². The molecule has 0 aliphatic heterocycles. The highest BCUT2D eigenvalue weighted by Crippen LogP contribution is 2.43. The molecule has 1 saturated carbocycles. The second kappa shape index (κ2) is 4.94. The lowest BCUT2D eigenvalue weighted by Crippen LogP contribution is -2.62. The van der Waals surface area contributed by atoms with Gasteiger partial charge in [0.1, 0.15) is 11.9 Å². The van der Waals surface area contributed by atoms with Gasteiger partial charge in [0.15, 0.2) is 0 Å². The van der Waals surface area contributed by atoms with E-state index in [-0.39, 0.29) is 11.5 Å². The SMILES string of the molecule is CCNC1CC(Oc2cncc(Br)c2)C1(C)C. The molecule has 0 bridgehead atoms. The molecule has 1 N–H and O–H groups in total. The predicted octanol–water partition coefficient (Wildman–Crippen LogP) is 3.00. The highest BCUT2D eigenvalue weighted by Gasteiger charge is 2.49. The van der Waals surface area contributed by atoms with Crippen LogP contribution in [0.5, 0.6) is 5.75 Å². The summed E-state index contributed by atoms with van der Waals surface area (Å²) in [5.74, 6) is 0.840. The van der Waals surface area contributed by atoms with Crippen molar-refractivity contribution in [3.8, 4) is 5.75 Å². The van der Waals surface area contributed by atoms with E-state index in [1.807, 2.05) is 6.07 Å². The molecule has 2 rings (SSSR count). The van der Waals surface area contributed by atoms with Gasteiger partial charge in [-0.05, 0) is 28.5 Å². The van der Waals surface area contributed by atoms with Crippen molar-refractivity contribution in [2.45, 2.75) is 39.3 Å². The molecular formula is C13H19BrN2O. The van der Waals surface area contributed by atoms with Gasteiger partial charge in [0.05, 0.1) is 6.20 Å². The monoisotopic (exact) mass is 298 g/mol. The van der Waals surface area contributed by atoms with Crippen molar-refractivity contribution < 1.29 is 4.74 Å². The number of pyridine rings is 1. The minimum absolute atomic E-state index is 0.179. The Morgan fingerprint density at radius 2 is 2.29 bits per heavy atom. The minimum Gasteiger partial charge on any atom is -0.488 e. The first kappa shape index (κ1) is 12.8. The molecule has 1 aliphatic rings. The lowest BCUT2D eigenvalue weighted by Gasteiger charge is -2.51. The van der Waals surface area contributed by atoms with E-state index in [9.17, 15) is 0 Å². The molecule has 1 aromatic rings. The van der Waals surface area contributed by atoms with E-state index in [2.05, 4.69) is 47.0 Å². The van der Waals surface area contributed by atoms with Gasteiger partial charge in [0.25, 0.3) is 0 Å². The van der Waals surface area contributed by atoms with E-state index in [0.29, 0.717) is 6.04 Å². The van der Waals surface area contributed by atoms with Crippen LogP contribution in [0.1, 0.15) is 27.2 Å². The second-order valence-corrected chi connectivity index (χ2v) is 6.03. The topological polar surface area (TPSA) is 34.1 Å². The maximum Gasteiger partial charge on any atom is 0.139 e. The van der Waals surface area contributed by atoms with Crippen LogP contribution in [0.25, 0.3) is 0 Å². The van der Waals surface area contributed by atoms with Crippen LogP contribution in [0.2, 0.25) is 0 Å². The first-order chi connectivity index (χ1) is 8.04. The number of nitrogens with one attached hydrogen (secondary N) is 1. The molecule has 4 heteroatoms. The van der Waals surface area contributed by atoms with E-state index in [1.54, 1.807) is 12.4 Å². The van der Waals surface area contributed by atoms with Crippen molar-refractivity contribution in [1.29, 1.82) is 0 Å². The number of ether oxygens (including phenoxy) is 1. The maximum absolute atomic E-state index is 5.99. The molecule has 1 aliphatic carbocycles. The van der Waals surface area contributed by atoms with Gasteiger partial charge in [0.2, 0.25) is 0 Å². The van der Waals surface area contributed by atoms with E-state index < -0.39 is 0 Å². The molecule has 2 unspecified atom stereocenters. The van der Waals surface area contributed by atoms with Gasteiger partial charge in [0, 0.05) is 28.5 Å². The van der Waals surface area contributed by atoms with E-state index in [1.165, 1.54) is 0 Å². The molecule has 0 amide bonds. The molecule has 94 valence electrons. The lowest BCUT2D eigenvalue weighted by molar-refractivity contribution is -0.0543. The van der Waals surface area contributed by atoms with Crippen LogP contribution in [0, 0.1) is 5.41 Å². The second-order valence-electron chi connectivity index (χ2n) is 5.11. The smallest absolute Gasteiger partial charge is 0.139 e. The summed E-state index contributed by atoms with van der Waals surface area (Å²) in [6.45, 7) is 7.65. The lowest BCUT2D eigenvalue weighted by atomic mass is 9.64. The zero-order valence-corrected chi connectivity index (χ0v) is 12.1. The van der Waals surface area contributed by atoms with Crippen LogP contribution in [-0.4, -0.2) is 23.7 Å². The molecule has 1 aromatic heterocycles. The average Bonchev–Trinajstić information content (AvgIpc) is 2.28. The van der Waals surface area contributed by atoms with Gasteiger partial charge in [-0.3, -0.25) is 4.98 Å². The fraction of sp³-hybridized carbons (Fsp3) is 0.615. The Hall–Kier alpha value is -0.610. The molecule has 0 spiro atoms. The Labute approximate surface area is 111 Å². The van der Waals surface area contributed by atoms with Crippen molar-refractivity contribution in [2.75, 3.05) is 6.54 Å². The van der Waals surface area contributed by atoms with Gasteiger partial charge in [-0.1, -0.05) is 20.8 Å². The Morgan fingerprint density at radius 1 is 1.53 bits per heavy atom. The fourth-order valence-corrected chi connectivity index (χ4v) is 2.64. The number of hydrogen-bond donors (Lipinski definition) is 1. The Bertz CT molecular complexity index is 395. The molecule has 0 radical (unpaired) electrons. The third kappa shape index (κ3) is 2.63. The number of nitrogens with zero attached hydrogens (tertiary/aromatic N) is 1. The largest absolute Gasteiger partial charge is 0.488 e. The van der Waals surface area contributed by atoms with Gasteiger partial charge in [-0.2, -0.15) is 0 Å². The summed E-state index contributed by atoms with van der Waals surface area (Å²) < 4.78 is 6.94.